The summed E-state index contributed by atoms with van der Waals surface area (Å²) in [5.41, 5.74) is 1.82. The molecule has 1 fully saturated rings. The van der Waals surface area contributed by atoms with Crippen LogP contribution in [0.25, 0.3) is 0 Å². The molecule has 0 bridgehead atoms. The first kappa shape index (κ1) is 17.8. The lowest BCUT2D eigenvalue weighted by atomic mass is 10.1. The minimum absolute atomic E-state index is 0.00444. The van der Waals surface area contributed by atoms with Gasteiger partial charge in [0.25, 0.3) is 0 Å². The highest BCUT2D eigenvalue weighted by Gasteiger charge is 2.34. The summed E-state index contributed by atoms with van der Waals surface area (Å²) in [5, 5.41) is 3.75. The van der Waals surface area contributed by atoms with E-state index in [0.29, 0.717) is 29.7 Å². The Balaban J connectivity index is 1.56. The van der Waals surface area contributed by atoms with Crippen molar-refractivity contribution in [2.45, 2.75) is 19.5 Å². The summed E-state index contributed by atoms with van der Waals surface area (Å²) in [6, 6.07) is 15.1. The van der Waals surface area contributed by atoms with E-state index in [-0.39, 0.29) is 24.2 Å². The molecule has 0 aromatic heterocycles. The lowest BCUT2D eigenvalue weighted by Crippen LogP contribution is -2.32. The molecule has 2 aromatic rings. The molecule has 2 aromatic carbocycles. The van der Waals surface area contributed by atoms with Crippen LogP contribution in [0.3, 0.4) is 0 Å². The van der Waals surface area contributed by atoms with Crippen LogP contribution in [-0.4, -0.2) is 23.3 Å². The molecule has 1 heterocycles. The molecule has 1 atom stereocenters. The maximum atomic E-state index is 12.4. The van der Waals surface area contributed by atoms with Crippen molar-refractivity contribution in [1.29, 1.82) is 0 Å². The molecule has 1 aliphatic heterocycles. The van der Waals surface area contributed by atoms with E-state index >= 15 is 0 Å². The zero-order valence-corrected chi connectivity index (χ0v) is 15.1. The van der Waals surface area contributed by atoms with Crippen LogP contribution in [-0.2, 0) is 22.7 Å². The second-order valence-electron chi connectivity index (χ2n) is 6.09. The van der Waals surface area contributed by atoms with E-state index in [2.05, 4.69) is 5.32 Å². The van der Waals surface area contributed by atoms with Crippen LogP contribution in [0.1, 0.15) is 17.5 Å². The average Bonchev–Trinajstić information content (AvgIpc) is 2.98. The first-order valence-electron chi connectivity index (χ1n) is 8.07. The first-order valence-corrected chi connectivity index (χ1v) is 8.82. The Morgan fingerprint density at radius 3 is 2.64 bits per heavy atom. The summed E-state index contributed by atoms with van der Waals surface area (Å²) in [6.45, 7) is 1.26. The summed E-state index contributed by atoms with van der Waals surface area (Å²) in [6.07, 6.45) is 0.238. The predicted octanol–water partition coefficient (Wildman–Crippen LogP) is 3.66. The smallest absolute Gasteiger partial charge is 0.225 e. The van der Waals surface area contributed by atoms with E-state index in [0.717, 1.165) is 11.1 Å². The van der Waals surface area contributed by atoms with Crippen molar-refractivity contribution in [1.82, 2.24) is 10.2 Å². The number of likely N-dealkylation sites (tertiary alicyclic amines) is 1. The van der Waals surface area contributed by atoms with Gasteiger partial charge in [-0.15, -0.1) is 0 Å². The number of halogens is 2. The first-order chi connectivity index (χ1) is 12.0. The standard InChI is InChI=1S/C19H18Cl2N2O2/c20-16-8-4-7-14(18(16)21)10-22-19(25)15-9-17(24)23(12-15)11-13-5-2-1-3-6-13/h1-8,15H,9-12H2,(H,22,25). The Morgan fingerprint density at radius 1 is 1.12 bits per heavy atom. The van der Waals surface area contributed by atoms with Gasteiger partial charge in [-0.3, -0.25) is 9.59 Å². The Kier molecular flexibility index (Phi) is 5.61. The van der Waals surface area contributed by atoms with E-state index in [1.165, 1.54) is 0 Å². The number of hydrogen-bond acceptors (Lipinski definition) is 2. The summed E-state index contributed by atoms with van der Waals surface area (Å²) in [5.74, 6) is -0.473. The maximum absolute atomic E-state index is 12.4. The summed E-state index contributed by atoms with van der Waals surface area (Å²) in [7, 11) is 0. The molecule has 130 valence electrons. The Morgan fingerprint density at radius 2 is 1.88 bits per heavy atom. The Labute approximate surface area is 156 Å². The van der Waals surface area contributed by atoms with Crippen molar-refractivity contribution in [2.24, 2.45) is 5.92 Å². The minimum atomic E-state index is -0.339. The van der Waals surface area contributed by atoms with Gasteiger partial charge in [0.1, 0.15) is 0 Å². The molecule has 1 saturated heterocycles. The predicted molar refractivity (Wildman–Crippen MR) is 98.3 cm³/mol. The third-order valence-corrected chi connectivity index (χ3v) is 5.14. The van der Waals surface area contributed by atoms with Gasteiger partial charge in [0.2, 0.25) is 11.8 Å². The zero-order chi connectivity index (χ0) is 17.8. The van der Waals surface area contributed by atoms with E-state index < -0.39 is 0 Å². The molecule has 6 heteroatoms. The second-order valence-corrected chi connectivity index (χ2v) is 6.88. The highest BCUT2D eigenvalue weighted by Crippen LogP contribution is 2.26. The number of benzene rings is 2. The fraction of sp³-hybridized carbons (Fsp3) is 0.263. The highest BCUT2D eigenvalue weighted by molar-refractivity contribution is 6.42. The molecule has 3 rings (SSSR count). The number of rotatable bonds is 5. The molecule has 0 saturated carbocycles. The van der Waals surface area contributed by atoms with Crippen molar-refractivity contribution >= 4 is 35.0 Å². The second kappa shape index (κ2) is 7.89. The van der Waals surface area contributed by atoms with Crippen molar-refractivity contribution in [3.8, 4) is 0 Å². The molecule has 0 aliphatic carbocycles. The third kappa shape index (κ3) is 4.33. The molecule has 1 unspecified atom stereocenters. The molecular formula is C19H18Cl2N2O2. The van der Waals surface area contributed by atoms with Gasteiger partial charge < -0.3 is 10.2 Å². The number of carbonyl (C=O) groups is 2. The Bertz CT molecular complexity index is 780. The van der Waals surface area contributed by atoms with Gasteiger partial charge in [-0.05, 0) is 17.2 Å². The van der Waals surface area contributed by atoms with E-state index in [9.17, 15) is 9.59 Å². The van der Waals surface area contributed by atoms with Gasteiger partial charge >= 0.3 is 0 Å². The van der Waals surface area contributed by atoms with Crippen LogP contribution in [0.4, 0.5) is 0 Å². The van der Waals surface area contributed by atoms with Crippen LogP contribution in [0.15, 0.2) is 48.5 Å². The number of nitrogens with one attached hydrogen (secondary N) is 1. The van der Waals surface area contributed by atoms with Crippen LogP contribution in [0.2, 0.25) is 10.0 Å². The van der Waals surface area contributed by atoms with Gasteiger partial charge in [-0.25, -0.2) is 0 Å². The van der Waals surface area contributed by atoms with E-state index in [4.69, 9.17) is 23.2 Å². The van der Waals surface area contributed by atoms with Gasteiger partial charge in [0.15, 0.2) is 0 Å². The van der Waals surface area contributed by atoms with Gasteiger partial charge in [0.05, 0.1) is 16.0 Å². The summed E-state index contributed by atoms with van der Waals surface area (Å²) >= 11 is 12.1. The van der Waals surface area contributed by atoms with Crippen LogP contribution in [0, 0.1) is 5.92 Å². The zero-order valence-electron chi connectivity index (χ0n) is 13.5. The molecule has 0 spiro atoms. The van der Waals surface area contributed by atoms with Crippen LogP contribution in [0.5, 0.6) is 0 Å². The molecule has 0 radical (unpaired) electrons. The van der Waals surface area contributed by atoms with Crippen molar-refractivity contribution < 1.29 is 9.59 Å². The lowest BCUT2D eigenvalue weighted by Gasteiger charge is -2.16. The molecular weight excluding hydrogens is 359 g/mol. The van der Waals surface area contributed by atoms with E-state index in [1.807, 2.05) is 36.4 Å². The largest absolute Gasteiger partial charge is 0.352 e. The van der Waals surface area contributed by atoms with Crippen LogP contribution < -0.4 is 5.32 Å². The number of nitrogens with zero attached hydrogens (tertiary/aromatic N) is 1. The Hall–Kier alpha value is -2.04. The van der Waals surface area contributed by atoms with Crippen molar-refractivity contribution in [2.75, 3.05) is 6.54 Å². The fourth-order valence-electron chi connectivity index (χ4n) is 2.92. The van der Waals surface area contributed by atoms with Gasteiger partial charge in [0, 0.05) is 26.1 Å². The normalized spacial score (nSPS) is 17.0. The van der Waals surface area contributed by atoms with Gasteiger partial charge in [-0.2, -0.15) is 0 Å². The lowest BCUT2D eigenvalue weighted by molar-refractivity contribution is -0.129. The highest BCUT2D eigenvalue weighted by atomic mass is 35.5. The maximum Gasteiger partial charge on any atom is 0.225 e. The number of amides is 2. The molecule has 25 heavy (non-hydrogen) atoms. The monoisotopic (exact) mass is 376 g/mol. The SMILES string of the molecule is O=C(NCc1cccc(Cl)c1Cl)C1CC(=O)N(Cc2ccccc2)C1. The molecule has 1 N–H and O–H groups in total. The fourth-order valence-corrected chi connectivity index (χ4v) is 3.30. The van der Waals surface area contributed by atoms with Crippen LogP contribution >= 0.6 is 23.2 Å². The number of hydrogen-bond donors (Lipinski definition) is 1. The quantitative estimate of drug-likeness (QED) is 0.865. The van der Waals surface area contributed by atoms with E-state index in [1.54, 1.807) is 17.0 Å². The van der Waals surface area contributed by atoms with Gasteiger partial charge in [-0.1, -0.05) is 65.7 Å². The molecule has 2 amide bonds. The summed E-state index contributed by atoms with van der Waals surface area (Å²) < 4.78 is 0. The third-order valence-electron chi connectivity index (χ3n) is 4.29. The van der Waals surface area contributed by atoms with Crippen molar-refractivity contribution in [3.05, 3.63) is 69.7 Å². The average molecular weight is 377 g/mol. The minimum Gasteiger partial charge on any atom is -0.352 e. The topological polar surface area (TPSA) is 49.4 Å². The molecule has 1 aliphatic rings. The molecule has 4 nitrogen and oxygen atoms in total. The number of carbonyl (C=O) groups excluding carboxylic acids is 2. The van der Waals surface area contributed by atoms with Crippen molar-refractivity contribution in [3.63, 3.8) is 0 Å². The summed E-state index contributed by atoms with van der Waals surface area (Å²) in [4.78, 5) is 26.3.